The number of fused-ring (bicyclic) bond motifs is 4. The summed E-state index contributed by atoms with van der Waals surface area (Å²) < 4.78 is 8.07. The van der Waals surface area contributed by atoms with Crippen LogP contribution in [0.5, 0.6) is 0 Å². The number of carbonyl (C=O) groups is 4. The van der Waals surface area contributed by atoms with Crippen molar-refractivity contribution < 1.29 is 19.2 Å². The van der Waals surface area contributed by atoms with Crippen LogP contribution in [0.4, 0.5) is 0 Å². The summed E-state index contributed by atoms with van der Waals surface area (Å²) in [5, 5.41) is 27.8. The highest BCUT2D eigenvalue weighted by molar-refractivity contribution is 6.42. The maximum atomic E-state index is 12.6. The molecule has 8 aromatic carbocycles. The molecule has 4 saturated carbocycles. The molecule has 4 heterocycles. The smallest absolute Gasteiger partial charge is 0.239 e. The first kappa shape index (κ1) is 89.7. The zero-order valence-electron chi connectivity index (χ0n) is 71.9. The second kappa shape index (κ2) is 44.9. The number of carbonyl (C=O) groups excluding carboxylic acids is 4. The third-order valence-corrected chi connectivity index (χ3v) is 26.5. The van der Waals surface area contributed by atoms with Gasteiger partial charge in [-0.15, -0.1) is 0 Å². The number of nitriles is 1. The monoisotopic (exact) mass is 1700 g/mol. The van der Waals surface area contributed by atoms with Crippen LogP contribution in [0, 0.1) is 18.3 Å². The number of nitrogens with one attached hydrogen (secondary N) is 4. The zero-order valence-corrected chi connectivity index (χ0v) is 74.2. The Labute approximate surface area is 736 Å². The number of halogens is 3. The third kappa shape index (κ3) is 25.1. The minimum Gasteiger partial charge on any atom is -0.353 e. The Balaban J connectivity index is 0.000000140. The lowest BCUT2D eigenvalue weighted by Crippen LogP contribution is -2.40. The fraction of sp³-hybridized carbons (Fsp3) is 0.402. The van der Waals surface area contributed by atoms with Crippen molar-refractivity contribution in [2.75, 3.05) is 80.5 Å². The summed E-state index contributed by atoms with van der Waals surface area (Å²) >= 11 is 18.3. The zero-order chi connectivity index (χ0) is 85.3. The minimum atomic E-state index is 0.0337. The van der Waals surface area contributed by atoms with E-state index in [4.69, 9.17) is 40.1 Å². The lowest BCUT2D eigenvalue weighted by Gasteiger charge is -2.31. The van der Waals surface area contributed by atoms with Crippen molar-refractivity contribution in [1.29, 1.82) is 5.26 Å². The molecule has 0 aliphatic heterocycles. The normalized spacial score (nSPS) is 14.9. The molecule has 122 heavy (non-hydrogen) atoms. The number of aryl methyl sites for hydroxylation is 1. The summed E-state index contributed by atoms with van der Waals surface area (Å²) in [6.07, 6.45) is 34.3. The lowest BCUT2D eigenvalue weighted by molar-refractivity contribution is -0.122. The van der Waals surface area contributed by atoms with E-state index in [0.717, 1.165) is 108 Å². The van der Waals surface area contributed by atoms with E-state index in [2.05, 4.69) is 196 Å². The van der Waals surface area contributed by atoms with E-state index in [-0.39, 0.29) is 23.6 Å². The maximum absolute atomic E-state index is 12.6. The van der Waals surface area contributed by atoms with Crippen LogP contribution in [0.1, 0.15) is 140 Å². The molecule has 4 N–H and O–H groups in total. The Morgan fingerprint density at radius 1 is 0.344 bits per heavy atom. The van der Waals surface area contributed by atoms with Gasteiger partial charge in [0.05, 0.1) is 21.7 Å². The molecular weight excluding hydrogens is 1580 g/mol. The van der Waals surface area contributed by atoms with Crippen LogP contribution >= 0.6 is 34.8 Å². The Bertz CT molecular complexity index is 5480. The molecule has 12 aromatic rings. The highest BCUT2D eigenvalue weighted by Gasteiger charge is 2.23. The molecule has 4 aliphatic carbocycles. The fourth-order valence-corrected chi connectivity index (χ4v) is 18.5. The van der Waals surface area contributed by atoms with E-state index < -0.39 is 0 Å². The first-order valence-electron chi connectivity index (χ1n) is 44.4. The number of hydrogen-bond acceptors (Lipinski definition) is 9. The van der Waals surface area contributed by atoms with Gasteiger partial charge in [0.2, 0.25) is 23.6 Å². The van der Waals surface area contributed by atoms with Crippen LogP contribution in [0.3, 0.4) is 0 Å². The highest BCUT2D eigenvalue weighted by atomic mass is 35.5. The summed E-state index contributed by atoms with van der Waals surface area (Å²) in [6.45, 7) is 9.80. The predicted molar refractivity (Wildman–Crippen MR) is 504 cm³/mol. The Kier molecular flexibility index (Phi) is 33.0. The van der Waals surface area contributed by atoms with E-state index in [1.807, 2.05) is 105 Å². The Hall–Kier alpha value is -10.0. The second-order valence-electron chi connectivity index (χ2n) is 34.0. The number of likely N-dealkylation sites (N-methyl/N-ethyl adjacent to an activating group) is 4. The molecule has 0 unspecified atom stereocenters. The predicted octanol–water partition coefficient (Wildman–Crippen LogP) is 20.9. The Morgan fingerprint density at radius 2 is 0.656 bits per heavy atom. The summed E-state index contributed by atoms with van der Waals surface area (Å²) in [4.78, 5) is 59.9. The minimum absolute atomic E-state index is 0.0337. The van der Waals surface area contributed by atoms with Gasteiger partial charge in [-0.2, -0.15) is 5.26 Å². The molecule has 17 nitrogen and oxygen atoms in total. The molecule has 4 fully saturated rings. The molecule has 0 bridgehead atoms. The number of nitrogens with zero attached hydrogens (tertiary/aromatic N) is 9. The number of amides is 4. The molecule has 0 atom stereocenters. The first-order valence-corrected chi connectivity index (χ1v) is 45.5. The van der Waals surface area contributed by atoms with E-state index in [0.29, 0.717) is 92.1 Å². The molecule has 0 saturated heterocycles. The van der Waals surface area contributed by atoms with Gasteiger partial charge in [-0.1, -0.05) is 215 Å². The largest absolute Gasteiger partial charge is 0.353 e. The first-order chi connectivity index (χ1) is 59.4. The van der Waals surface area contributed by atoms with E-state index in [1.165, 1.54) is 145 Å². The molecule has 20 heteroatoms. The van der Waals surface area contributed by atoms with Gasteiger partial charge in [-0.25, -0.2) is 0 Å². The third-order valence-electron chi connectivity index (χ3n) is 25.5. The van der Waals surface area contributed by atoms with Gasteiger partial charge in [0.15, 0.2) is 0 Å². The number of hydrogen-bond donors (Lipinski definition) is 4. The number of benzene rings is 8. The lowest BCUT2D eigenvalue weighted by atomic mass is 9.94. The Morgan fingerprint density at radius 3 is 1.01 bits per heavy atom. The van der Waals surface area contributed by atoms with Crippen molar-refractivity contribution in [3.8, 4) is 50.6 Å². The summed E-state index contributed by atoms with van der Waals surface area (Å²) in [7, 11) is 8.71. The summed E-state index contributed by atoms with van der Waals surface area (Å²) in [6, 6.07) is 67.9. The second-order valence-corrected chi connectivity index (χ2v) is 35.3. The van der Waals surface area contributed by atoms with Gasteiger partial charge in [0.1, 0.15) is 26.2 Å². The van der Waals surface area contributed by atoms with Crippen molar-refractivity contribution in [2.45, 2.75) is 186 Å². The van der Waals surface area contributed by atoms with Gasteiger partial charge in [-0.3, -0.25) is 19.2 Å². The van der Waals surface area contributed by atoms with Gasteiger partial charge in [0, 0.05) is 128 Å². The average Bonchev–Trinajstić information content (AvgIpc) is 1.79. The van der Waals surface area contributed by atoms with Gasteiger partial charge in [-0.05, 0) is 243 Å². The SMILES string of the molecule is CN(CCNC(=O)Cn1ccc2ccc(-c3ccc(Cl)c(Cl)c3)cc21)C1CCCCC1.CN(CCNC(=O)Cn1ccc2ccc(-c3ccc(Cl)cc3)cc21)C1CCCCC1.CN(CCNC(=O)Cn1ccc2ccc(-c3cccc(C#N)c3)cc21)C1CCCCC1.Cc1ccccc1-c1ccc2ccn(CC(=O)NCCN(C)C3CCCCC3)c2c1. The number of aromatic nitrogens is 4. The molecule has 16 rings (SSSR count). The van der Waals surface area contributed by atoms with Crippen molar-refractivity contribution in [2.24, 2.45) is 0 Å². The van der Waals surface area contributed by atoms with Gasteiger partial charge in [0.25, 0.3) is 0 Å². The van der Waals surface area contributed by atoms with E-state index in [1.54, 1.807) is 12.1 Å². The molecule has 0 radical (unpaired) electrons. The van der Waals surface area contributed by atoms with E-state index in [9.17, 15) is 19.2 Å². The molecule has 4 amide bonds. The molecule has 0 spiro atoms. The quantitative estimate of drug-likeness (QED) is 0.0372. The maximum Gasteiger partial charge on any atom is 0.239 e. The summed E-state index contributed by atoms with van der Waals surface area (Å²) in [5.41, 5.74) is 14.9. The molecule has 640 valence electrons. The van der Waals surface area contributed by atoms with Crippen LogP contribution in [0.25, 0.3) is 88.1 Å². The fourth-order valence-electron chi connectivity index (χ4n) is 18.1. The number of rotatable bonds is 28. The van der Waals surface area contributed by atoms with Crippen molar-refractivity contribution in [1.82, 2.24) is 59.1 Å². The molecule has 4 aromatic heterocycles. The van der Waals surface area contributed by atoms with Gasteiger partial charge < -0.3 is 59.1 Å². The topological polar surface area (TPSA) is 173 Å². The average molecular weight is 1700 g/mol. The highest BCUT2D eigenvalue weighted by Crippen LogP contribution is 2.35. The van der Waals surface area contributed by atoms with Crippen LogP contribution < -0.4 is 21.3 Å². The van der Waals surface area contributed by atoms with Gasteiger partial charge >= 0.3 is 0 Å². The van der Waals surface area contributed by atoms with Crippen molar-refractivity contribution in [3.63, 3.8) is 0 Å². The van der Waals surface area contributed by atoms with Crippen molar-refractivity contribution in [3.05, 3.63) is 239 Å². The summed E-state index contributed by atoms with van der Waals surface area (Å²) in [5.74, 6) is 0.202. The molecular formula is C102H122Cl3N13O4. The van der Waals surface area contributed by atoms with E-state index >= 15 is 0 Å². The van der Waals surface area contributed by atoms with Crippen LogP contribution in [0.2, 0.25) is 15.1 Å². The van der Waals surface area contributed by atoms with Crippen LogP contribution in [-0.4, -0.2) is 166 Å². The standard InChI is InChI=1S/C26H30N4O.C26H33N3O.C25H29Cl2N3O.C25H30ClN3O/c1-29(24-8-3-2-4-9-24)15-13-28-26(31)19-30-14-12-21-10-11-23(17-25(21)30)22-7-5-6-20(16-22)18-27;1-20-8-6-7-11-24(20)22-13-12-21-14-16-29(25(21)18-22)19-26(30)27-15-17-28(2)23-9-4-3-5-10-23;1-29(21-5-3-2-4-6-21)14-12-28-25(31)17-30-13-11-18-7-8-20(16-24(18)30)19-9-10-22(26)23(27)15-19;1-28(23-5-3-2-4-6-23)16-14-27-25(30)18-29-15-13-20-7-8-21(17-24(20)29)19-9-11-22(26)12-10-19/h5-7,10-12,14,16-17,24H,2-4,8-9,13,15,19H2,1H3,(H,28,31);6-8,11-14,16,18,23H,3-5,9-10,15,17,19H2,1-2H3,(H,27,30);7-11,13,15-16,21H,2-6,12,14,17H2,1H3,(H,28,31);7-13,15,17,23H,2-6,14,16,18H2,1H3,(H,27,30). The molecule has 4 aliphatic rings. The van der Waals surface area contributed by atoms with Crippen molar-refractivity contribution >= 4 is 102 Å². The van der Waals surface area contributed by atoms with Crippen LogP contribution in [-0.2, 0) is 45.4 Å². The van der Waals surface area contributed by atoms with Crippen LogP contribution in [0.15, 0.2) is 213 Å².